The lowest BCUT2D eigenvalue weighted by molar-refractivity contribution is 0.125. The van der Waals surface area contributed by atoms with Crippen molar-refractivity contribution in [3.05, 3.63) is 29.8 Å². The minimum atomic E-state index is 0.314. The summed E-state index contributed by atoms with van der Waals surface area (Å²) >= 11 is 0. The molecule has 2 N–H and O–H groups in total. The first-order valence-electron chi connectivity index (χ1n) is 8.01. The second-order valence-corrected chi connectivity index (χ2v) is 6.31. The molecule has 0 amide bonds. The Morgan fingerprint density at radius 3 is 2.60 bits per heavy atom. The molecule has 0 spiro atoms. The number of piperidine rings is 1. The van der Waals surface area contributed by atoms with Gasteiger partial charge in [-0.25, -0.2) is 0 Å². The van der Waals surface area contributed by atoms with Crippen LogP contribution >= 0.6 is 0 Å². The zero-order chi connectivity index (χ0) is 13.9. The molecule has 1 aromatic carbocycles. The monoisotopic (exact) mass is 274 g/mol. The van der Waals surface area contributed by atoms with E-state index in [0.717, 1.165) is 30.6 Å². The third-order valence-electron chi connectivity index (χ3n) is 5.18. The van der Waals surface area contributed by atoms with Gasteiger partial charge in [0.25, 0.3) is 0 Å². The average molecular weight is 274 g/mol. The molecule has 2 aliphatic heterocycles. The number of nitrogens with zero attached hydrogens (tertiary/aromatic N) is 1. The van der Waals surface area contributed by atoms with Gasteiger partial charge in [0.2, 0.25) is 0 Å². The highest BCUT2D eigenvalue weighted by Gasteiger charge is 2.30. The first-order valence-corrected chi connectivity index (χ1v) is 8.01. The zero-order valence-electron chi connectivity index (χ0n) is 12.4. The number of aromatic hydroxyl groups is 1. The van der Waals surface area contributed by atoms with Gasteiger partial charge in [-0.1, -0.05) is 18.2 Å². The fourth-order valence-electron chi connectivity index (χ4n) is 3.86. The van der Waals surface area contributed by atoms with Crippen LogP contribution in [-0.4, -0.2) is 35.7 Å². The lowest BCUT2D eigenvalue weighted by Gasteiger charge is -2.38. The van der Waals surface area contributed by atoms with Crippen molar-refractivity contribution >= 4 is 0 Å². The quantitative estimate of drug-likeness (QED) is 0.889. The molecule has 0 radical (unpaired) electrons. The number of benzene rings is 1. The molecular weight excluding hydrogens is 248 g/mol. The summed E-state index contributed by atoms with van der Waals surface area (Å²) in [7, 11) is 0. The predicted molar refractivity (Wildman–Crippen MR) is 81.8 cm³/mol. The fraction of sp³-hybridized carbons (Fsp3) is 0.647. The van der Waals surface area contributed by atoms with Crippen LogP contribution in [0.4, 0.5) is 0 Å². The summed E-state index contributed by atoms with van der Waals surface area (Å²) in [5.74, 6) is 1.28. The van der Waals surface area contributed by atoms with Crippen LogP contribution in [0.15, 0.2) is 24.3 Å². The zero-order valence-corrected chi connectivity index (χ0v) is 12.4. The van der Waals surface area contributed by atoms with Crippen molar-refractivity contribution in [1.82, 2.24) is 10.2 Å². The number of nitrogens with one attached hydrogen (secondary N) is 1. The highest BCUT2D eigenvalue weighted by atomic mass is 16.3. The van der Waals surface area contributed by atoms with Crippen molar-refractivity contribution in [3.63, 3.8) is 0 Å². The van der Waals surface area contributed by atoms with E-state index in [1.807, 2.05) is 18.2 Å². The van der Waals surface area contributed by atoms with Crippen molar-refractivity contribution in [2.24, 2.45) is 5.92 Å². The molecule has 2 unspecified atom stereocenters. The lowest BCUT2D eigenvalue weighted by atomic mass is 9.87. The SMILES string of the molecule is CC(c1ccccc1O)N1CCC(C2CCCN2)CC1. The average Bonchev–Trinajstić information content (AvgIpc) is 3.01. The molecular formula is C17H26N2O. The van der Waals surface area contributed by atoms with Gasteiger partial charge < -0.3 is 10.4 Å². The van der Waals surface area contributed by atoms with Gasteiger partial charge in [0.1, 0.15) is 5.75 Å². The number of para-hydroxylation sites is 1. The van der Waals surface area contributed by atoms with Crippen LogP contribution in [0.25, 0.3) is 0 Å². The smallest absolute Gasteiger partial charge is 0.120 e. The van der Waals surface area contributed by atoms with Crippen molar-refractivity contribution in [2.45, 2.75) is 44.7 Å². The largest absolute Gasteiger partial charge is 0.508 e. The van der Waals surface area contributed by atoms with E-state index in [-0.39, 0.29) is 0 Å². The first kappa shape index (κ1) is 13.9. The van der Waals surface area contributed by atoms with Crippen LogP contribution < -0.4 is 5.32 Å². The van der Waals surface area contributed by atoms with Crippen LogP contribution in [0.2, 0.25) is 0 Å². The highest BCUT2D eigenvalue weighted by Crippen LogP contribution is 2.33. The van der Waals surface area contributed by atoms with Gasteiger partial charge in [0.05, 0.1) is 0 Å². The molecule has 110 valence electrons. The molecule has 20 heavy (non-hydrogen) atoms. The number of phenols is 1. The first-order chi connectivity index (χ1) is 9.75. The molecule has 0 aliphatic carbocycles. The van der Waals surface area contributed by atoms with Gasteiger partial charge in [0.15, 0.2) is 0 Å². The van der Waals surface area contributed by atoms with Crippen molar-refractivity contribution in [1.29, 1.82) is 0 Å². The molecule has 1 aromatic rings. The minimum absolute atomic E-state index is 0.314. The second-order valence-electron chi connectivity index (χ2n) is 6.31. The standard InChI is InChI=1S/C17H26N2O/c1-13(15-5-2-3-7-17(15)20)19-11-8-14(9-12-19)16-6-4-10-18-16/h2-3,5,7,13-14,16,18,20H,4,6,8-12H2,1H3. The van der Waals surface area contributed by atoms with E-state index in [4.69, 9.17) is 0 Å². The number of likely N-dealkylation sites (tertiary alicyclic amines) is 1. The third-order valence-corrected chi connectivity index (χ3v) is 5.18. The molecule has 0 bridgehead atoms. The Morgan fingerprint density at radius 1 is 1.20 bits per heavy atom. The maximum Gasteiger partial charge on any atom is 0.120 e. The summed E-state index contributed by atoms with van der Waals surface area (Å²) in [5, 5.41) is 13.7. The van der Waals surface area contributed by atoms with Crippen molar-refractivity contribution in [3.8, 4) is 5.75 Å². The van der Waals surface area contributed by atoms with E-state index in [1.54, 1.807) is 6.07 Å². The molecule has 2 fully saturated rings. The molecule has 3 heteroatoms. The normalized spacial score (nSPS) is 26.8. The molecule has 2 atom stereocenters. The van der Waals surface area contributed by atoms with Gasteiger partial charge in [-0.15, -0.1) is 0 Å². The lowest BCUT2D eigenvalue weighted by Crippen LogP contribution is -2.41. The molecule has 0 saturated carbocycles. The fourth-order valence-corrected chi connectivity index (χ4v) is 3.86. The Labute approximate surface area is 122 Å². The van der Waals surface area contributed by atoms with E-state index >= 15 is 0 Å². The van der Waals surface area contributed by atoms with Crippen LogP contribution in [-0.2, 0) is 0 Å². The van der Waals surface area contributed by atoms with Gasteiger partial charge in [-0.2, -0.15) is 0 Å². The third kappa shape index (κ3) is 2.84. The van der Waals surface area contributed by atoms with Crippen LogP contribution in [0.5, 0.6) is 5.75 Å². The second kappa shape index (κ2) is 6.15. The molecule has 3 rings (SSSR count). The number of hydrogen-bond acceptors (Lipinski definition) is 3. The topological polar surface area (TPSA) is 35.5 Å². The predicted octanol–water partition coefficient (Wildman–Crippen LogP) is 2.92. The maximum atomic E-state index is 10.00. The number of rotatable bonds is 3. The van der Waals surface area contributed by atoms with Gasteiger partial charge in [-0.3, -0.25) is 4.90 Å². The summed E-state index contributed by atoms with van der Waals surface area (Å²) < 4.78 is 0. The highest BCUT2D eigenvalue weighted by molar-refractivity contribution is 5.34. The summed E-state index contributed by atoms with van der Waals surface area (Å²) in [4.78, 5) is 2.51. The summed E-state index contributed by atoms with van der Waals surface area (Å²) in [5.41, 5.74) is 1.06. The van der Waals surface area contributed by atoms with Crippen LogP contribution in [0.3, 0.4) is 0 Å². The van der Waals surface area contributed by atoms with Crippen LogP contribution in [0, 0.1) is 5.92 Å². The Kier molecular flexibility index (Phi) is 4.27. The summed E-state index contributed by atoms with van der Waals surface area (Å²) in [6.45, 7) is 5.72. The Balaban J connectivity index is 1.59. The van der Waals surface area contributed by atoms with E-state index in [1.165, 1.54) is 32.2 Å². The number of phenolic OH excluding ortho intramolecular Hbond substituents is 1. The van der Waals surface area contributed by atoms with Crippen molar-refractivity contribution < 1.29 is 5.11 Å². The number of hydrogen-bond donors (Lipinski definition) is 2. The Morgan fingerprint density at radius 2 is 1.95 bits per heavy atom. The minimum Gasteiger partial charge on any atom is -0.508 e. The maximum absolute atomic E-state index is 10.00. The molecule has 2 saturated heterocycles. The van der Waals surface area contributed by atoms with Gasteiger partial charge in [0, 0.05) is 17.6 Å². The summed E-state index contributed by atoms with van der Waals surface area (Å²) in [6.07, 6.45) is 5.28. The van der Waals surface area contributed by atoms with Crippen molar-refractivity contribution in [2.75, 3.05) is 19.6 Å². The molecule has 2 heterocycles. The summed E-state index contributed by atoms with van der Waals surface area (Å²) in [6, 6.07) is 8.82. The molecule has 0 aromatic heterocycles. The van der Waals surface area contributed by atoms with Gasteiger partial charge in [-0.05, 0) is 64.2 Å². The molecule has 2 aliphatic rings. The van der Waals surface area contributed by atoms with E-state index < -0.39 is 0 Å². The van der Waals surface area contributed by atoms with E-state index in [9.17, 15) is 5.11 Å². The van der Waals surface area contributed by atoms with E-state index in [0.29, 0.717) is 11.8 Å². The molecule has 3 nitrogen and oxygen atoms in total. The Hall–Kier alpha value is -1.06. The van der Waals surface area contributed by atoms with Gasteiger partial charge >= 0.3 is 0 Å². The Bertz CT molecular complexity index is 434. The van der Waals surface area contributed by atoms with E-state index in [2.05, 4.69) is 17.1 Å². The van der Waals surface area contributed by atoms with Crippen LogP contribution in [0.1, 0.15) is 44.2 Å².